The van der Waals surface area contributed by atoms with E-state index in [4.69, 9.17) is 5.11 Å². The maximum atomic E-state index is 11.7. The molecule has 1 atom stereocenters. The van der Waals surface area contributed by atoms with Crippen molar-refractivity contribution in [1.29, 1.82) is 0 Å². The lowest BCUT2D eigenvalue weighted by Gasteiger charge is -2.17. The molecule has 1 heterocycles. The van der Waals surface area contributed by atoms with Crippen molar-refractivity contribution in [2.24, 2.45) is 5.92 Å². The lowest BCUT2D eigenvalue weighted by Crippen LogP contribution is -2.28. The number of carboxylic acids is 1. The second kappa shape index (κ2) is 7.27. The Morgan fingerprint density at radius 3 is 2.76 bits per heavy atom. The second-order valence-corrected chi connectivity index (χ2v) is 4.71. The molecule has 0 radical (unpaired) electrons. The number of hydrogen-bond donors (Lipinski definition) is 2. The van der Waals surface area contributed by atoms with Gasteiger partial charge in [0.25, 0.3) is 0 Å². The van der Waals surface area contributed by atoms with Gasteiger partial charge < -0.3 is 15.3 Å². The first-order valence-electron chi connectivity index (χ1n) is 6.26. The first-order valence-corrected chi connectivity index (χ1v) is 6.26. The van der Waals surface area contributed by atoms with E-state index in [2.05, 4.69) is 5.32 Å². The Morgan fingerprint density at radius 1 is 1.41 bits per heavy atom. The minimum atomic E-state index is -0.803. The zero-order chi connectivity index (χ0) is 12.7. The van der Waals surface area contributed by atoms with Crippen LogP contribution in [0.15, 0.2) is 0 Å². The fraction of sp³-hybridized carbons (Fsp3) is 0.833. The van der Waals surface area contributed by atoms with Gasteiger partial charge in [0.1, 0.15) is 0 Å². The smallest absolute Gasteiger partial charge is 0.303 e. The summed E-state index contributed by atoms with van der Waals surface area (Å²) in [5, 5.41) is 11.8. The molecule has 1 unspecified atom stereocenters. The number of amides is 1. The van der Waals surface area contributed by atoms with Crippen molar-refractivity contribution in [2.45, 2.75) is 32.1 Å². The number of carbonyl (C=O) groups excluding carboxylic acids is 1. The Labute approximate surface area is 102 Å². The summed E-state index contributed by atoms with van der Waals surface area (Å²) in [4.78, 5) is 23.7. The summed E-state index contributed by atoms with van der Waals surface area (Å²) in [6.07, 6.45) is 3.34. The summed E-state index contributed by atoms with van der Waals surface area (Å²) in [5.41, 5.74) is 0. The largest absolute Gasteiger partial charge is 0.481 e. The molecule has 1 amide bonds. The van der Waals surface area contributed by atoms with Gasteiger partial charge in [0.15, 0.2) is 0 Å². The average Bonchev–Trinajstić information content (AvgIpc) is 2.78. The predicted octanol–water partition coefficient (Wildman–Crippen LogP) is 0.699. The molecule has 1 rings (SSSR count). The molecule has 1 fully saturated rings. The number of hydrogen-bond acceptors (Lipinski definition) is 3. The maximum Gasteiger partial charge on any atom is 0.303 e. The lowest BCUT2D eigenvalue weighted by molar-refractivity contribution is -0.138. The van der Waals surface area contributed by atoms with Crippen molar-refractivity contribution in [3.63, 3.8) is 0 Å². The molecule has 2 N–H and O–H groups in total. The third-order valence-electron chi connectivity index (χ3n) is 3.24. The van der Waals surface area contributed by atoms with Crippen molar-refractivity contribution < 1.29 is 14.7 Å². The van der Waals surface area contributed by atoms with Gasteiger partial charge in [0.05, 0.1) is 0 Å². The van der Waals surface area contributed by atoms with E-state index in [-0.39, 0.29) is 12.3 Å². The van der Waals surface area contributed by atoms with Gasteiger partial charge in [-0.15, -0.1) is 0 Å². The molecule has 1 aliphatic rings. The van der Waals surface area contributed by atoms with Gasteiger partial charge in [-0.05, 0) is 38.3 Å². The topological polar surface area (TPSA) is 69.6 Å². The second-order valence-electron chi connectivity index (χ2n) is 4.71. The molecule has 1 aliphatic heterocycles. The third kappa shape index (κ3) is 5.68. The number of nitrogens with zero attached hydrogens (tertiary/aromatic N) is 1. The average molecular weight is 242 g/mol. The molecule has 5 heteroatoms. The van der Waals surface area contributed by atoms with Crippen LogP contribution in [0.5, 0.6) is 0 Å². The van der Waals surface area contributed by atoms with E-state index in [1.807, 2.05) is 0 Å². The van der Waals surface area contributed by atoms with Crippen LogP contribution in [0.4, 0.5) is 0 Å². The molecule has 98 valence electrons. The molecule has 0 aliphatic carbocycles. The van der Waals surface area contributed by atoms with Gasteiger partial charge in [0, 0.05) is 26.4 Å². The van der Waals surface area contributed by atoms with Crippen LogP contribution in [0.1, 0.15) is 32.1 Å². The van der Waals surface area contributed by atoms with Crippen LogP contribution in [0.2, 0.25) is 0 Å². The van der Waals surface area contributed by atoms with Crippen LogP contribution in [0, 0.1) is 5.92 Å². The predicted molar refractivity (Wildman–Crippen MR) is 64.7 cm³/mol. The molecule has 0 aromatic carbocycles. The van der Waals surface area contributed by atoms with Gasteiger partial charge in [-0.1, -0.05) is 0 Å². The highest BCUT2D eigenvalue weighted by Gasteiger charge is 2.17. The van der Waals surface area contributed by atoms with Crippen LogP contribution in [-0.4, -0.2) is 48.6 Å². The van der Waals surface area contributed by atoms with E-state index < -0.39 is 5.97 Å². The van der Waals surface area contributed by atoms with E-state index in [1.165, 1.54) is 0 Å². The zero-order valence-electron chi connectivity index (χ0n) is 10.4. The quantitative estimate of drug-likeness (QED) is 0.689. The van der Waals surface area contributed by atoms with E-state index in [1.54, 1.807) is 11.9 Å². The number of aliphatic carboxylic acids is 1. The first kappa shape index (κ1) is 14.0. The highest BCUT2D eigenvalue weighted by atomic mass is 16.4. The highest BCUT2D eigenvalue weighted by Crippen LogP contribution is 2.14. The van der Waals surface area contributed by atoms with Gasteiger partial charge in [-0.25, -0.2) is 0 Å². The van der Waals surface area contributed by atoms with Crippen LogP contribution in [-0.2, 0) is 9.59 Å². The molecule has 17 heavy (non-hydrogen) atoms. The van der Waals surface area contributed by atoms with E-state index in [9.17, 15) is 9.59 Å². The van der Waals surface area contributed by atoms with Crippen molar-refractivity contribution in [2.75, 3.05) is 26.7 Å². The minimum Gasteiger partial charge on any atom is -0.481 e. The summed E-state index contributed by atoms with van der Waals surface area (Å²) in [6.45, 7) is 2.62. The van der Waals surface area contributed by atoms with Gasteiger partial charge in [0.2, 0.25) is 5.91 Å². The summed E-state index contributed by atoms with van der Waals surface area (Å²) < 4.78 is 0. The van der Waals surface area contributed by atoms with Crippen molar-refractivity contribution in [3.05, 3.63) is 0 Å². The van der Waals surface area contributed by atoms with E-state index in [0.717, 1.165) is 25.9 Å². The van der Waals surface area contributed by atoms with Crippen molar-refractivity contribution in [3.8, 4) is 0 Å². The monoisotopic (exact) mass is 242 g/mol. The SMILES string of the molecule is CN(CCCC(=O)O)C(=O)CCC1CCNC1. The Hall–Kier alpha value is -1.10. The van der Waals surface area contributed by atoms with Crippen molar-refractivity contribution in [1.82, 2.24) is 10.2 Å². The number of nitrogens with one attached hydrogen (secondary N) is 1. The molecule has 5 nitrogen and oxygen atoms in total. The Bertz CT molecular complexity index is 262. The van der Waals surface area contributed by atoms with E-state index in [0.29, 0.717) is 25.3 Å². The Balaban J connectivity index is 2.10. The Kier molecular flexibility index (Phi) is 5.97. The standard InChI is InChI=1S/C12H22N2O3/c1-14(8-2-3-12(16)17)11(15)5-4-10-6-7-13-9-10/h10,13H,2-9H2,1H3,(H,16,17). The molecule has 0 bridgehead atoms. The van der Waals surface area contributed by atoms with E-state index >= 15 is 0 Å². The fourth-order valence-corrected chi connectivity index (χ4v) is 2.07. The molecule has 0 saturated carbocycles. The zero-order valence-corrected chi connectivity index (χ0v) is 10.4. The summed E-state index contributed by atoms with van der Waals surface area (Å²) in [5.74, 6) is -0.0449. The molecule has 0 aromatic heterocycles. The van der Waals surface area contributed by atoms with Gasteiger partial charge >= 0.3 is 5.97 Å². The molecule has 1 saturated heterocycles. The summed E-state index contributed by atoms with van der Waals surface area (Å²) in [6, 6.07) is 0. The molecule has 0 spiro atoms. The first-order chi connectivity index (χ1) is 8.09. The molecule has 0 aromatic rings. The third-order valence-corrected chi connectivity index (χ3v) is 3.24. The summed E-state index contributed by atoms with van der Waals surface area (Å²) >= 11 is 0. The number of rotatable bonds is 7. The maximum absolute atomic E-state index is 11.7. The highest BCUT2D eigenvalue weighted by molar-refractivity contribution is 5.75. The molecular formula is C12H22N2O3. The van der Waals surface area contributed by atoms with Gasteiger partial charge in [-0.2, -0.15) is 0 Å². The fourth-order valence-electron chi connectivity index (χ4n) is 2.07. The lowest BCUT2D eigenvalue weighted by atomic mass is 10.0. The van der Waals surface area contributed by atoms with Gasteiger partial charge in [-0.3, -0.25) is 9.59 Å². The van der Waals surface area contributed by atoms with Crippen LogP contribution < -0.4 is 5.32 Å². The van der Waals surface area contributed by atoms with Crippen molar-refractivity contribution >= 4 is 11.9 Å². The minimum absolute atomic E-state index is 0.127. The Morgan fingerprint density at radius 2 is 2.18 bits per heavy atom. The summed E-state index contributed by atoms with van der Waals surface area (Å²) in [7, 11) is 1.75. The normalized spacial score (nSPS) is 19.2. The number of carbonyl (C=O) groups is 2. The number of carboxylic acid groups (broad SMARTS) is 1. The van der Waals surface area contributed by atoms with Crippen LogP contribution in [0.3, 0.4) is 0 Å². The van der Waals surface area contributed by atoms with Crippen LogP contribution in [0.25, 0.3) is 0 Å². The van der Waals surface area contributed by atoms with Crippen LogP contribution >= 0.6 is 0 Å². The molecular weight excluding hydrogens is 220 g/mol.